The van der Waals surface area contributed by atoms with E-state index in [1.807, 2.05) is 42.5 Å². The van der Waals surface area contributed by atoms with E-state index < -0.39 is 29.7 Å². The first-order valence-electron chi connectivity index (χ1n) is 12.5. The zero-order valence-corrected chi connectivity index (χ0v) is 22.4. The Morgan fingerprint density at radius 2 is 1.74 bits per heavy atom. The lowest BCUT2D eigenvalue weighted by Crippen LogP contribution is -2.53. The lowest BCUT2D eigenvalue weighted by Gasteiger charge is -2.42. The Hall–Kier alpha value is -3.85. The topological polar surface area (TPSA) is 103 Å². The lowest BCUT2D eigenvalue weighted by molar-refractivity contribution is -0.141. The number of nitrogens with zero attached hydrogens (tertiary/aromatic N) is 1. The predicted molar refractivity (Wildman–Crippen MR) is 140 cm³/mol. The number of ketones is 1. The molecule has 0 aromatic heterocycles. The number of hydrogen-bond acceptors (Lipinski definition) is 7. The maximum absolute atomic E-state index is 13.9. The number of ether oxygens (including phenoxy) is 4. The van der Waals surface area contributed by atoms with Crippen molar-refractivity contribution in [2.45, 2.75) is 57.9 Å². The second kappa shape index (κ2) is 11.3. The van der Waals surface area contributed by atoms with Gasteiger partial charge in [-0.15, -0.1) is 0 Å². The standard InChI is InChI=1S/C29H34N2O7/c1-29(2,3)38-28(34)30-21-11-12-24(32)22-13-19-14-25(35-4)26(36-5)15-20(19)23(31(22)27(21)33)17-37-16-18-9-7-6-8-10-18/h6-11,14-15,22-23H,12-13,16-17H2,1-5H3,(H,30,34)/t22-,23-/m0/s1. The molecule has 9 heteroatoms. The molecule has 0 aliphatic carbocycles. The highest BCUT2D eigenvalue weighted by molar-refractivity contribution is 6.03. The van der Waals surface area contributed by atoms with Crippen molar-refractivity contribution in [2.75, 3.05) is 20.8 Å². The third kappa shape index (κ3) is 5.99. The minimum Gasteiger partial charge on any atom is -0.493 e. The van der Waals surface area contributed by atoms with Crippen LogP contribution in [0.1, 0.15) is 49.9 Å². The number of hydrogen-bond donors (Lipinski definition) is 1. The highest BCUT2D eigenvalue weighted by Gasteiger charge is 2.44. The zero-order valence-electron chi connectivity index (χ0n) is 22.4. The Kier molecular flexibility index (Phi) is 8.06. The van der Waals surface area contributed by atoms with E-state index in [2.05, 4.69) is 5.32 Å². The van der Waals surface area contributed by atoms with Crippen molar-refractivity contribution >= 4 is 17.8 Å². The van der Waals surface area contributed by atoms with Gasteiger partial charge < -0.3 is 23.8 Å². The molecule has 1 N–H and O–H groups in total. The van der Waals surface area contributed by atoms with Gasteiger partial charge in [0.2, 0.25) is 0 Å². The molecule has 0 saturated heterocycles. The number of nitrogens with one attached hydrogen (secondary N) is 1. The van der Waals surface area contributed by atoms with Gasteiger partial charge in [0.15, 0.2) is 17.3 Å². The summed E-state index contributed by atoms with van der Waals surface area (Å²) in [5.41, 5.74) is 1.92. The van der Waals surface area contributed by atoms with Gasteiger partial charge in [-0.1, -0.05) is 30.3 Å². The van der Waals surface area contributed by atoms with Gasteiger partial charge in [-0.3, -0.25) is 14.9 Å². The van der Waals surface area contributed by atoms with Crippen LogP contribution in [0.4, 0.5) is 4.79 Å². The van der Waals surface area contributed by atoms with Gasteiger partial charge in [0, 0.05) is 12.8 Å². The lowest BCUT2D eigenvalue weighted by atomic mass is 9.86. The number of allylic oxidation sites excluding steroid dienone is 1. The first kappa shape index (κ1) is 27.2. The quantitative estimate of drug-likeness (QED) is 0.584. The highest BCUT2D eigenvalue weighted by Crippen LogP contribution is 2.41. The van der Waals surface area contributed by atoms with Crippen LogP contribution < -0.4 is 14.8 Å². The van der Waals surface area contributed by atoms with Gasteiger partial charge >= 0.3 is 6.09 Å². The van der Waals surface area contributed by atoms with Gasteiger partial charge in [-0.05, 0) is 55.7 Å². The summed E-state index contributed by atoms with van der Waals surface area (Å²) in [7, 11) is 3.10. The first-order valence-corrected chi connectivity index (χ1v) is 12.5. The molecule has 9 nitrogen and oxygen atoms in total. The molecule has 2 amide bonds. The minimum absolute atomic E-state index is 0.00173. The van der Waals surface area contributed by atoms with Gasteiger partial charge in [0.05, 0.1) is 39.5 Å². The number of fused-ring (bicyclic) bond motifs is 2. The van der Waals surface area contributed by atoms with E-state index in [-0.39, 0.29) is 24.5 Å². The van der Waals surface area contributed by atoms with Crippen molar-refractivity contribution in [1.82, 2.24) is 10.2 Å². The molecule has 2 heterocycles. The Balaban J connectivity index is 1.69. The van der Waals surface area contributed by atoms with Crippen LogP contribution >= 0.6 is 0 Å². The number of rotatable bonds is 7. The van der Waals surface area contributed by atoms with Crippen LogP contribution in [0, 0.1) is 0 Å². The molecule has 0 bridgehead atoms. The summed E-state index contributed by atoms with van der Waals surface area (Å²) in [4.78, 5) is 41.2. The molecule has 2 atom stereocenters. The molecule has 2 aromatic carbocycles. The Bertz CT molecular complexity index is 1230. The van der Waals surface area contributed by atoms with Crippen LogP contribution in [0.15, 0.2) is 54.2 Å². The fourth-order valence-electron chi connectivity index (χ4n) is 4.77. The molecular formula is C29H34N2O7. The third-order valence-electron chi connectivity index (χ3n) is 6.46. The fraction of sp³-hybridized carbons (Fsp3) is 0.414. The van der Waals surface area contributed by atoms with E-state index in [1.165, 1.54) is 11.0 Å². The minimum atomic E-state index is -0.760. The van der Waals surface area contributed by atoms with E-state index in [9.17, 15) is 14.4 Å². The van der Waals surface area contributed by atoms with Crippen molar-refractivity contribution in [3.8, 4) is 11.5 Å². The molecule has 0 saturated carbocycles. The van der Waals surface area contributed by atoms with Crippen molar-refractivity contribution < 1.29 is 33.3 Å². The smallest absolute Gasteiger partial charge is 0.412 e. The van der Waals surface area contributed by atoms with Crippen molar-refractivity contribution in [1.29, 1.82) is 0 Å². The number of alkyl carbamates (subject to hydrolysis) is 1. The monoisotopic (exact) mass is 522 g/mol. The number of Topliss-reactive ketones (excluding diaryl/α,β-unsaturated/α-hetero) is 1. The molecule has 2 aromatic rings. The summed E-state index contributed by atoms with van der Waals surface area (Å²) in [5, 5.41) is 2.56. The van der Waals surface area contributed by atoms with Crippen LogP contribution in [0.2, 0.25) is 0 Å². The summed E-state index contributed by atoms with van der Waals surface area (Å²) in [6.45, 7) is 5.67. The van der Waals surface area contributed by atoms with Gasteiger partial charge in [0.25, 0.3) is 5.91 Å². The summed E-state index contributed by atoms with van der Waals surface area (Å²) in [5.74, 6) is 0.448. The third-order valence-corrected chi connectivity index (χ3v) is 6.46. The van der Waals surface area contributed by atoms with Crippen LogP contribution in [0.25, 0.3) is 0 Å². The SMILES string of the molecule is COc1cc2c(cc1OC)[C@H](COCc1ccccc1)N1C(=O)C(NC(=O)OC(C)(C)C)=CCC(=O)[C@@H]1C2. The second-order valence-corrected chi connectivity index (χ2v) is 10.3. The first-order chi connectivity index (χ1) is 18.1. The molecule has 2 aliphatic heterocycles. The zero-order chi connectivity index (χ0) is 27.4. The van der Waals surface area contributed by atoms with Crippen LogP contribution in [0.3, 0.4) is 0 Å². The van der Waals surface area contributed by atoms with E-state index in [1.54, 1.807) is 35.0 Å². The van der Waals surface area contributed by atoms with Crippen molar-refractivity contribution in [3.05, 3.63) is 70.9 Å². The molecule has 202 valence electrons. The molecule has 0 radical (unpaired) electrons. The number of carbonyl (C=O) groups excluding carboxylic acids is 3. The number of methoxy groups -OCH3 is 2. The van der Waals surface area contributed by atoms with Gasteiger partial charge in [-0.25, -0.2) is 4.79 Å². The van der Waals surface area contributed by atoms with Gasteiger partial charge in [0.1, 0.15) is 11.3 Å². The van der Waals surface area contributed by atoms with E-state index in [0.717, 1.165) is 16.7 Å². The Labute approximate surface area is 222 Å². The number of amides is 2. The number of carbonyl (C=O) groups is 3. The largest absolute Gasteiger partial charge is 0.493 e. The maximum atomic E-state index is 13.9. The fourth-order valence-corrected chi connectivity index (χ4v) is 4.77. The van der Waals surface area contributed by atoms with Crippen LogP contribution in [-0.2, 0) is 32.1 Å². The average Bonchev–Trinajstić information content (AvgIpc) is 2.99. The second-order valence-electron chi connectivity index (χ2n) is 10.3. The predicted octanol–water partition coefficient (Wildman–Crippen LogP) is 4.10. The Morgan fingerprint density at radius 3 is 2.39 bits per heavy atom. The molecule has 2 aliphatic rings. The Morgan fingerprint density at radius 1 is 1.05 bits per heavy atom. The molecular weight excluding hydrogens is 488 g/mol. The molecule has 38 heavy (non-hydrogen) atoms. The van der Waals surface area contributed by atoms with E-state index in [4.69, 9.17) is 18.9 Å². The summed E-state index contributed by atoms with van der Waals surface area (Å²) in [6, 6.07) is 12.0. The van der Waals surface area contributed by atoms with E-state index in [0.29, 0.717) is 24.5 Å². The highest BCUT2D eigenvalue weighted by atomic mass is 16.6. The molecule has 0 fully saturated rings. The van der Waals surface area contributed by atoms with Crippen LogP contribution in [0.5, 0.6) is 11.5 Å². The molecule has 4 rings (SSSR count). The van der Waals surface area contributed by atoms with Crippen LogP contribution in [-0.4, -0.2) is 55.2 Å². The molecule has 0 unspecified atom stereocenters. The normalized spacial score (nSPS) is 19.1. The van der Waals surface area contributed by atoms with E-state index >= 15 is 0 Å². The number of benzene rings is 2. The summed E-state index contributed by atoms with van der Waals surface area (Å²) in [6.07, 6.45) is 1.01. The summed E-state index contributed by atoms with van der Waals surface area (Å²) >= 11 is 0. The van der Waals surface area contributed by atoms with Crippen molar-refractivity contribution in [3.63, 3.8) is 0 Å². The maximum Gasteiger partial charge on any atom is 0.412 e. The van der Waals surface area contributed by atoms with Crippen molar-refractivity contribution in [2.24, 2.45) is 0 Å². The van der Waals surface area contributed by atoms with Gasteiger partial charge in [-0.2, -0.15) is 0 Å². The summed E-state index contributed by atoms with van der Waals surface area (Å²) < 4.78 is 22.5. The molecule has 0 spiro atoms. The average molecular weight is 523 g/mol.